The number of imidazole rings is 2. The summed E-state index contributed by atoms with van der Waals surface area (Å²) in [4.78, 5) is 59.6. The number of nitrogens with zero attached hydrogens (tertiary/aromatic N) is 5. The molecule has 4 heterocycles. The van der Waals surface area contributed by atoms with E-state index in [0.29, 0.717) is 48.7 Å². The second-order valence-corrected chi connectivity index (χ2v) is 15.3. The number of hydrogen-bond donors (Lipinski definition) is 3. The van der Waals surface area contributed by atoms with Crippen molar-refractivity contribution < 1.29 is 37.4 Å². The molecular formula is C46H44F3N7O5. The molecule has 0 bridgehead atoms. The Morgan fingerprint density at radius 2 is 1.18 bits per heavy atom. The Labute approximate surface area is 350 Å². The number of alkyl halides is 3. The molecule has 1 unspecified atom stereocenters. The monoisotopic (exact) mass is 831 g/mol. The average Bonchev–Trinajstić information content (AvgIpc) is 4.12. The Morgan fingerprint density at radius 1 is 0.721 bits per heavy atom. The number of nitrogens with one attached hydrogen (secondary N) is 2. The molecule has 6 aromatic rings. The Balaban J connectivity index is 0.950. The fraction of sp³-hybridized carbons (Fsp3) is 0.283. The number of hydrogen-bond acceptors (Lipinski definition) is 6. The van der Waals surface area contributed by atoms with E-state index in [1.807, 2.05) is 54.6 Å². The van der Waals surface area contributed by atoms with Crippen molar-refractivity contribution in [1.29, 1.82) is 0 Å². The lowest BCUT2D eigenvalue weighted by atomic mass is 9.90. The molecule has 314 valence electrons. The number of carboxylic acid groups (broad SMARTS) is 1. The molecule has 4 atom stereocenters. The summed E-state index contributed by atoms with van der Waals surface area (Å²) in [5.41, 5.74) is 2.24. The molecule has 2 aromatic heterocycles. The number of benzene rings is 4. The van der Waals surface area contributed by atoms with Gasteiger partial charge in [-0.1, -0.05) is 109 Å². The highest BCUT2D eigenvalue weighted by molar-refractivity contribution is 5.89. The maximum absolute atomic E-state index is 14.7. The first-order valence-corrected chi connectivity index (χ1v) is 20.0. The van der Waals surface area contributed by atoms with Crippen molar-refractivity contribution in [2.24, 2.45) is 0 Å². The molecule has 2 fully saturated rings. The minimum atomic E-state index is -5.01. The van der Waals surface area contributed by atoms with E-state index in [0.717, 1.165) is 46.4 Å². The van der Waals surface area contributed by atoms with Crippen LogP contribution in [0.4, 0.5) is 18.0 Å². The Kier molecular flexibility index (Phi) is 11.2. The standard InChI is InChI=1S/C46H44F3N7O5/c1-54(44(59)60)39(33-11-5-3-6-12-33)42(57)55-25-9-15-37(55)40-50-27-35(52-40)31-21-17-29(18-22-31)30-19-23-32(24-20-30)36-28-51-41(53-36)38-16-10-26-56(38)43(58)45(61-2,46(47,48)49)34-13-7-4-8-14-34/h3-8,11-14,17-24,27-28,37-39H,9-10,15-16,25-26H2,1-2H3,(H,50,52)(H,51,53)(H,59,60)/t37-,38?,39+,45-/m0/s1. The number of ether oxygens (including phenoxy) is 1. The molecular weight excluding hydrogens is 788 g/mol. The number of methoxy groups -OCH3 is 1. The van der Waals surface area contributed by atoms with Gasteiger partial charge in [0.1, 0.15) is 17.7 Å². The van der Waals surface area contributed by atoms with Crippen LogP contribution in [0.25, 0.3) is 33.6 Å². The Hall–Kier alpha value is -6.74. The van der Waals surface area contributed by atoms with Crippen molar-refractivity contribution in [1.82, 2.24) is 34.6 Å². The summed E-state index contributed by atoms with van der Waals surface area (Å²) in [6, 6.07) is 29.7. The molecule has 15 heteroatoms. The number of halogens is 3. The number of aromatic nitrogens is 4. The molecule has 12 nitrogen and oxygen atoms in total. The Bertz CT molecular complexity index is 2490. The molecule has 2 saturated heterocycles. The number of aromatic amines is 2. The zero-order valence-corrected chi connectivity index (χ0v) is 33.5. The van der Waals surface area contributed by atoms with Gasteiger partial charge in [-0.3, -0.25) is 14.5 Å². The SMILES string of the molecule is CO[C@](C(=O)N1CCCC1c1ncc(-c2ccc(-c3ccc(-c4cnc([C@@H]5CCCN5C(=O)[C@@H](c5ccccc5)N(C)C(=O)O)[nH]4)cc3)cc2)[nH]1)(c1ccccc1)C(F)(F)F. The van der Waals surface area contributed by atoms with Crippen LogP contribution in [0, 0.1) is 0 Å². The summed E-state index contributed by atoms with van der Waals surface area (Å²) in [7, 11) is 2.32. The first-order chi connectivity index (χ1) is 29.4. The second-order valence-electron chi connectivity index (χ2n) is 15.3. The third kappa shape index (κ3) is 7.65. The fourth-order valence-corrected chi connectivity index (χ4v) is 8.64. The van der Waals surface area contributed by atoms with Gasteiger partial charge >= 0.3 is 12.3 Å². The molecule has 2 aliphatic heterocycles. The quantitative estimate of drug-likeness (QED) is 0.118. The van der Waals surface area contributed by atoms with Gasteiger partial charge in [0.05, 0.1) is 35.9 Å². The van der Waals surface area contributed by atoms with Gasteiger partial charge < -0.3 is 29.6 Å². The number of carbonyl (C=O) groups excluding carboxylic acids is 2. The second kappa shape index (κ2) is 16.7. The summed E-state index contributed by atoms with van der Waals surface area (Å²) < 4.78 is 49.3. The topological polar surface area (TPSA) is 148 Å². The lowest BCUT2D eigenvalue weighted by molar-refractivity contribution is -0.270. The van der Waals surface area contributed by atoms with Gasteiger partial charge in [0.25, 0.3) is 17.4 Å². The molecule has 0 aliphatic carbocycles. The van der Waals surface area contributed by atoms with E-state index in [-0.39, 0.29) is 24.1 Å². The van der Waals surface area contributed by atoms with Gasteiger partial charge in [0.2, 0.25) is 0 Å². The highest BCUT2D eigenvalue weighted by Crippen LogP contribution is 2.46. The van der Waals surface area contributed by atoms with E-state index in [1.54, 1.807) is 47.6 Å². The van der Waals surface area contributed by atoms with Crippen molar-refractivity contribution >= 4 is 17.9 Å². The van der Waals surface area contributed by atoms with Crippen LogP contribution in [-0.4, -0.2) is 91.1 Å². The lowest BCUT2D eigenvalue weighted by Gasteiger charge is -2.38. The van der Waals surface area contributed by atoms with Gasteiger partial charge in [-0.2, -0.15) is 13.2 Å². The number of rotatable bonds is 11. The van der Waals surface area contributed by atoms with Crippen molar-refractivity contribution in [2.45, 2.75) is 55.6 Å². The van der Waals surface area contributed by atoms with E-state index >= 15 is 0 Å². The molecule has 3 N–H and O–H groups in total. The van der Waals surface area contributed by atoms with Crippen LogP contribution < -0.4 is 0 Å². The van der Waals surface area contributed by atoms with Gasteiger partial charge in [-0.15, -0.1) is 0 Å². The largest absolute Gasteiger partial charge is 0.465 e. The predicted molar refractivity (Wildman–Crippen MR) is 221 cm³/mol. The predicted octanol–water partition coefficient (Wildman–Crippen LogP) is 8.92. The zero-order chi connectivity index (χ0) is 42.9. The van der Waals surface area contributed by atoms with Gasteiger partial charge in [-0.25, -0.2) is 14.8 Å². The van der Waals surface area contributed by atoms with Crippen molar-refractivity contribution in [3.05, 3.63) is 144 Å². The van der Waals surface area contributed by atoms with Gasteiger partial charge in [0, 0.05) is 32.8 Å². The van der Waals surface area contributed by atoms with E-state index in [9.17, 15) is 32.7 Å². The summed E-state index contributed by atoms with van der Waals surface area (Å²) in [5.74, 6) is -0.438. The van der Waals surface area contributed by atoms with Crippen LogP contribution in [0.2, 0.25) is 0 Å². The molecule has 4 aromatic carbocycles. The normalized spacial score (nSPS) is 18.2. The third-order valence-electron chi connectivity index (χ3n) is 11.8. The van der Waals surface area contributed by atoms with Crippen LogP contribution in [0.1, 0.15) is 66.6 Å². The minimum absolute atomic E-state index is 0.131. The van der Waals surface area contributed by atoms with Crippen molar-refractivity contribution in [3.8, 4) is 33.6 Å². The molecule has 0 radical (unpaired) electrons. The van der Waals surface area contributed by atoms with E-state index in [1.165, 1.54) is 36.2 Å². The number of likely N-dealkylation sites (N-methyl/N-ethyl adjacent to an activating group) is 1. The van der Waals surface area contributed by atoms with Crippen LogP contribution in [-0.2, 0) is 19.9 Å². The third-order valence-corrected chi connectivity index (χ3v) is 11.8. The average molecular weight is 832 g/mol. The number of amides is 3. The zero-order valence-electron chi connectivity index (χ0n) is 33.5. The Morgan fingerprint density at radius 3 is 1.66 bits per heavy atom. The smallest absolute Gasteiger partial charge is 0.430 e. The van der Waals surface area contributed by atoms with Gasteiger partial charge in [-0.05, 0) is 53.5 Å². The fourth-order valence-electron chi connectivity index (χ4n) is 8.64. The van der Waals surface area contributed by atoms with E-state index in [4.69, 9.17) is 4.74 Å². The lowest BCUT2D eigenvalue weighted by Crippen LogP contribution is -2.56. The van der Waals surface area contributed by atoms with Crippen LogP contribution in [0.15, 0.2) is 122 Å². The molecule has 8 rings (SSSR count). The molecule has 0 saturated carbocycles. The highest BCUT2D eigenvalue weighted by atomic mass is 19.4. The summed E-state index contributed by atoms with van der Waals surface area (Å²) in [6.07, 6.45) is -0.428. The minimum Gasteiger partial charge on any atom is -0.465 e. The van der Waals surface area contributed by atoms with Gasteiger partial charge in [0.15, 0.2) is 0 Å². The summed E-state index contributed by atoms with van der Waals surface area (Å²) >= 11 is 0. The molecule has 0 spiro atoms. The van der Waals surface area contributed by atoms with Crippen molar-refractivity contribution in [3.63, 3.8) is 0 Å². The summed E-state index contributed by atoms with van der Waals surface area (Å²) in [6.45, 7) is 0.619. The molecule has 2 aliphatic rings. The molecule has 3 amide bonds. The van der Waals surface area contributed by atoms with Crippen LogP contribution in [0.3, 0.4) is 0 Å². The first-order valence-electron chi connectivity index (χ1n) is 20.0. The number of likely N-dealkylation sites (tertiary alicyclic amines) is 2. The maximum Gasteiger partial charge on any atom is 0.430 e. The first kappa shape index (κ1) is 41.0. The number of carbonyl (C=O) groups is 3. The number of H-pyrrole nitrogens is 2. The maximum atomic E-state index is 14.7. The van der Waals surface area contributed by atoms with E-state index in [2.05, 4.69) is 19.9 Å². The van der Waals surface area contributed by atoms with Crippen LogP contribution >= 0.6 is 0 Å². The van der Waals surface area contributed by atoms with Crippen molar-refractivity contribution in [2.75, 3.05) is 27.2 Å². The van der Waals surface area contributed by atoms with E-state index < -0.39 is 35.9 Å². The summed E-state index contributed by atoms with van der Waals surface area (Å²) in [5, 5.41) is 9.79. The van der Waals surface area contributed by atoms with Crippen LogP contribution in [0.5, 0.6) is 0 Å². The highest BCUT2D eigenvalue weighted by Gasteiger charge is 2.64. The molecule has 61 heavy (non-hydrogen) atoms.